The zero-order valence-corrected chi connectivity index (χ0v) is 14.6. The van der Waals surface area contributed by atoms with E-state index in [2.05, 4.69) is 0 Å². The van der Waals surface area contributed by atoms with Gasteiger partial charge in [-0.15, -0.1) is 12.4 Å². The second kappa shape index (κ2) is 8.07. The lowest BCUT2D eigenvalue weighted by Crippen LogP contribution is -2.53. The topological polar surface area (TPSA) is 110 Å². The fourth-order valence-corrected chi connectivity index (χ4v) is 3.24. The molecule has 2 atom stereocenters. The van der Waals surface area contributed by atoms with Crippen LogP contribution < -0.4 is 10.9 Å². The van der Waals surface area contributed by atoms with Crippen LogP contribution in [0.1, 0.15) is 18.5 Å². The fraction of sp³-hybridized carbons (Fsp3) is 0.500. The Kier molecular flexibility index (Phi) is 6.97. The predicted molar refractivity (Wildman–Crippen MR) is 91.0 cm³/mol. The van der Waals surface area contributed by atoms with Crippen molar-refractivity contribution in [3.8, 4) is 0 Å². The maximum absolute atomic E-state index is 12.5. The Labute approximate surface area is 143 Å². The van der Waals surface area contributed by atoms with Crippen molar-refractivity contribution in [2.24, 2.45) is 16.8 Å². The van der Waals surface area contributed by atoms with Gasteiger partial charge < -0.3 is 10.6 Å². The maximum Gasteiger partial charge on any atom is 0.277 e. The van der Waals surface area contributed by atoms with E-state index in [1.165, 1.54) is 4.31 Å². The van der Waals surface area contributed by atoms with E-state index in [1.54, 1.807) is 11.8 Å². The minimum absolute atomic E-state index is 0. The van der Waals surface area contributed by atoms with E-state index >= 15 is 0 Å². The van der Waals surface area contributed by atoms with Crippen molar-refractivity contribution < 1.29 is 13.2 Å². The summed E-state index contributed by atoms with van der Waals surface area (Å²) in [6, 6.07) is 9.08. The summed E-state index contributed by atoms with van der Waals surface area (Å²) in [6.45, 7) is 2.91. The first kappa shape index (κ1) is 19.9. The van der Waals surface area contributed by atoms with E-state index in [1.807, 2.05) is 30.3 Å². The molecule has 7 nitrogen and oxygen atoms in total. The SMILES string of the molecule is CC(C(=O)N1CCN(S(N)(=O)=O)CC1)C(N)c1ccccc1.Cl. The van der Waals surface area contributed by atoms with Crippen molar-refractivity contribution in [3.05, 3.63) is 35.9 Å². The Hall–Kier alpha value is -1.19. The minimum Gasteiger partial charge on any atom is -0.340 e. The van der Waals surface area contributed by atoms with E-state index in [9.17, 15) is 13.2 Å². The van der Waals surface area contributed by atoms with Crippen molar-refractivity contribution >= 4 is 28.5 Å². The van der Waals surface area contributed by atoms with Crippen LogP contribution in [0, 0.1) is 5.92 Å². The molecule has 1 aliphatic rings. The normalized spacial score (nSPS) is 18.8. The number of piperazine rings is 1. The minimum atomic E-state index is -3.68. The van der Waals surface area contributed by atoms with Crippen LogP contribution in [0.4, 0.5) is 0 Å². The number of nitrogens with zero attached hydrogens (tertiary/aromatic N) is 2. The van der Waals surface area contributed by atoms with E-state index < -0.39 is 10.2 Å². The number of hydrogen-bond donors (Lipinski definition) is 2. The molecule has 1 fully saturated rings. The van der Waals surface area contributed by atoms with Crippen LogP contribution in [0.2, 0.25) is 0 Å². The van der Waals surface area contributed by atoms with E-state index in [-0.39, 0.29) is 43.4 Å². The number of rotatable bonds is 4. The van der Waals surface area contributed by atoms with E-state index in [0.717, 1.165) is 5.56 Å². The standard InChI is InChI=1S/C14H22N4O3S.ClH/c1-11(13(15)12-5-3-2-4-6-12)14(19)17-7-9-18(10-8-17)22(16,20)21;/h2-6,11,13H,7-10,15H2,1H3,(H2,16,20,21);1H. The summed E-state index contributed by atoms with van der Waals surface area (Å²) in [5.74, 6) is -0.436. The van der Waals surface area contributed by atoms with Crippen molar-refractivity contribution in [2.75, 3.05) is 26.2 Å². The van der Waals surface area contributed by atoms with Gasteiger partial charge in [-0.25, -0.2) is 5.14 Å². The molecule has 1 aromatic rings. The van der Waals surface area contributed by atoms with E-state index in [4.69, 9.17) is 10.9 Å². The smallest absolute Gasteiger partial charge is 0.277 e. The van der Waals surface area contributed by atoms with Crippen LogP contribution in [0.3, 0.4) is 0 Å². The third kappa shape index (κ3) is 4.89. The number of halogens is 1. The molecule has 0 aromatic heterocycles. The van der Waals surface area contributed by atoms with Gasteiger partial charge in [0.15, 0.2) is 0 Å². The van der Waals surface area contributed by atoms with Gasteiger partial charge >= 0.3 is 0 Å². The van der Waals surface area contributed by atoms with Gasteiger partial charge in [0.25, 0.3) is 10.2 Å². The van der Waals surface area contributed by atoms with Gasteiger partial charge in [0.05, 0.1) is 5.92 Å². The third-order valence-electron chi connectivity index (χ3n) is 4.02. The summed E-state index contributed by atoms with van der Waals surface area (Å²) in [6.07, 6.45) is 0. The lowest BCUT2D eigenvalue weighted by Gasteiger charge is -2.35. The molecule has 2 rings (SSSR count). The monoisotopic (exact) mass is 362 g/mol. The number of carbonyl (C=O) groups excluding carboxylic acids is 1. The first-order valence-corrected chi connectivity index (χ1v) is 8.68. The molecule has 1 aliphatic heterocycles. The number of amides is 1. The molecule has 9 heteroatoms. The molecule has 1 aromatic carbocycles. The molecule has 130 valence electrons. The summed E-state index contributed by atoms with van der Waals surface area (Å²) in [7, 11) is -3.68. The Morgan fingerprint density at radius 2 is 1.65 bits per heavy atom. The molecule has 0 spiro atoms. The summed E-state index contributed by atoms with van der Waals surface area (Å²) in [5, 5.41) is 5.09. The molecular weight excluding hydrogens is 340 g/mol. The molecule has 0 aliphatic carbocycles. The molecule has 1 heterocycles. The predicted octanol–water partition coefficient (Wildman–Crippen LogP) is 0.0920. The first-order valence-electron chi connectivity index (χ1n) is 7.18. The van der Waals surface area contributed by atoms with Gasteiger partial charge in [-0.05, 0) is 5.56 Å². The van der Waals surface area contributed by atoms with Crippen LogP contribution in [0.25, 0.3) is 0 Å². The van der Waals surface area contributed by atoms with Gasteiger partial charge in [0, 0.05) is 32.2 Å². The summed E-state index contributed by atoms with van der Waals surface area (Å²) >= 11 is 0. The van der Waals surface area contributed by atoms with Crippen molar-refractivity contribution in [1.82, 2.24) is 9.21 Å². The summed E-state index contributed by atoms with van der Waals surface area (Å²) in [5.41, 5.74) is 7.08. The number of nitrogens with two attached hydrogens (primary N) is 2. The Balaban J connectivity index is 0.00000264. The Bertz CT molecular complexity index is 618. The second-order valence-corrected chi connectivity index (χ2v) is 7.04. The van der Waals surface area contributed by atoms with Gasteiger partial charge in [0.1, 0.15) is 0 Å². The van der Waals surface area contributed by atoms with Crippen LogP contribution in [0.5, 0.6) is 0 Å². The molecule has 4 N–H and O–H groups in total. The molecule has 2 unspecified atom stereocenters. The lowest BCUT2D eigenvalue weighted by molar-refractivity contribution is -0.136. The zero-order valence-electron chi connectivity index (χ0n) is 13.0. The number of benzene rings is 1. The quantitative estimate of drug-likeness (QED) is 0.790. The second-order valence-electron chi connectivity index (χ2n) is 5.49. The zero-order chi connectivity index (χ0) is 16.3. The molecule has 23 heavy (non-hydrogen) atoms. The lowest BCUT2D eigenvalue weighted by atomic mass is 9.94. The van der Waals surface area contributed by atoms with Gasteiger partial charge in [-0.1, -0.05) is 37.3 Å². The highest BCUT2D eigenvalue weighted by molar-refractivity contribution is 7.86. The van der Waals surface area contributed by atoms with Crippen LogP contribution in [0.15, 0.2) is 30.3 Å². The average Bonchev–Trinajstić information content (AvgIpc) is 2.53. The van der Waals surface area contributed by atoms with Crippen LogP contribution >= 0.6 is 12.4 Å². The van der Waals surface area contributed by atoms with Gasteiger partial charge in [-0.2, -0.15) is 12.7 Å². The highest BCUT2D eigenvalue weighted by atomic mass is 35.5. The average molecular weight is 363 g/mol. The molecule has 1 amide bonds. The molecule has 1 saturated heterocycles. The third-order valence-corrected chi connectivity index (χ3v) is 5.11. The molecule has 0 bridgehead atoms. The van der Waals surface area contributed by atoms with Gasteiger partial charge in [-0.3, -0.25) is 4.79 Å². The Morgan fingerprint density at radius 1 is 1.13 bits per heavy atom. The molecule has 0 radical (unpaired) electrons. The van der Waals surface area contributed by atoms with Crippen molar-refractivity contribution in [2.45, 2.75) is 13.0 Å². The molecular formula is C14H23ClN4O3S. The maximum atomic E-state index is 12.5. The highest BCUT2D eigenvalue weighted by Gasteiger charge is 2.31. The Morgan fingerprint density at radius 3 is 2.13 bits per heavy atom. The van der Waals surface area contributed by atoms with Gasteiger partial charge in [0.2, 0.25) is 5.91 Å². The van der Waals surface area contributed by atoms with Crippen molar-refractivity contribution in [3.63, 3.8) is 0 Å². The molecule has 0 saturated carbocycles. The largest absolute Gasteiger partial charge is 0.340 e. The highest BCUT2D eigenvalue weighted by Crippen LogP contribution is 2.21. The van der Waals surface area contributed by atoms with Crippen LogP contribution in [-0.4, -0.2) is 49.7 Å². The number of hydrogen-bond acceptors (Lipinski definition) is 4. The first-order chi connectivity index (χ1) is 10.3. The van der Waals surface area contributed by atoms with E-state index in [0.29, 0.717) is 13.1 Å². The van der Waals surface area contributed by atoms with Crippen LogP contribution in [-0.2, 0) is 15.0 Å². The summed E-state index contributed by atoms with van der Waals surface area (Å²) < 4.78 is 23.7. The fourth-order valence-electron chi connectivity index (χ4n) is 2.57. The summed E-state index contributed by atoms with van der Waals surface area (Å²) in [4.78, 5) is 14.2. The number of carbonyl (C=O) groups is 1. The van der Waals surface area contributed by atoms with Crippen molar-refractivity contribution in [1.29, 1.82) is 0 Å².